The van der Waals surface area contributed by atoms with Crippen molar-refractivity contribution in [2.24, 2.45) is 0 Å². The Bertz CT molecular complexity index is 389. The third kappa shape index (κ3) is 1.11. The summed E-state index contributed by atoms with van der Waals surface area (Å²) in [6.07, 6.45) is 0.555. The van der Waals surface area contributed by atoms with Crippen LogP contribution in [0.2, 0.25) is 0 Å². The molecule has 2 rings (SSSR count). The second-order valence-electron chi connectivity index (χ2n) is 2.83. The first kappa shape index (κ1) is 7.91. The molecule has 1 aromatic carbocycles. The predicted molar refractivity (Wildman–Crippen MR) is 43.8 cm³/mol. The van der Waals surface area contributed by atoms with E-state index in [0.29, 0.717) is 17.5 Å². The van der Waals surface area contributed by atoms with Gasteiger partial charge in [-0.15, -0.1) is 0 Å². The summed E-state index contributed by atoms with van der Waals surface area (Å²) in [7, 11) is 0. The van der Waals surface area contributed by atoms with Crippen LogP contribution in [-0.2, 0) is 9.59 Å². The van der Waals surface area contributed by atoms with Crippen LogP contribution in [0, 0.1) is 5.82 Å². The maximum absolute atomic E-state index is 12.7. The van der Waals surface area contributed by atoms with E-state index in [0.717, 1.165) is 0 Å². The molecule has 1 aromatic rings. The molecule has 0 saturated heterocycles. The maximum Gasteiger partial charge on any atom is 0.239 e. The van der Waals surface area contributed by atoms with Gasteiger partial charge in [0, 0.05) is 5.69 Å². The number of nitrogens with one attached hydrogen (secondary N) is 1. The van der Waals surface area contributed by atoms with Gasteiger partial charge in [-0.3, -0.25) is 4.79 Å². The number of carbonyl (C=O) groups excluding carboxylic acids is 2. The minimum Gasteiger partial charge on any atom is -0.325 e. The molecule has 0 bridgehead atoms. The lowest BCUT2D eigenvalue weighted by molar-refractivity contribution is -0.121. The summed E-state index contributed by atoms with van der Waals surface area (Å²) >= 11 is 0. The fourth-order valence-electron chi connectivity index (χ4n) is 1.39. The Morgan fingerprint density at radius 2 is 2.23 bits per heavy atom. The van der Waals surface area contributed by atoms with Crippen molar-refractivity contribution in [3.05, 3.63) is 29.6 Å². The summed E-state index contributed by atoms with van der Waals surface area (Å²) in [5, 5.41) is 2.43. The third-order valence-corrected chi connectivity index (χ3v) is 2.03. The molecule has 0 aliphatic carbocycles. The molecule has 13 heavy (non-hydrogen) atoms. The molecule has 0 radical (unpaired) electrons. The van der Waals surface area contributed by atoms with Gasteiger partial charge in [-0.1, -0.05) is 6.07 Å². The Kier molecular flexibility index (Phi) is 1.62. The molecular weight excluding hydrogens is 173 g/mol. The summed E-state index contributed by atoms with van der Waals surface area (Å²) in [5.41, 5.74) is 0.934. The van der Waals surface area contributed by atoms with Gasteiger partial charge in [-0.05, 0) is 17.7 Å². The van der Waals surface area contributed by atoms with E-state index < -0.39 is 17.6 Å². The van der Waals surface area contributed by atoms with E-state index in [2.05, 4.69) is 5.32 Å². The predicted octanol–water partition coefficient (Wildman–Crippen LogP) is 1.06. The number of rotatable bonds is 1. The number of aldehydes is 1. The highest BCUT2D eigenvalue weighted by atomic mass is 19.1. The average Bonchev–Trinajstić information content (AvgIpc) is 2.39. The Hall–Kier alpha value is -1.71. The van der Waals surface area contributed by atoms with Gasteiger partial charge in [-0.2, -0.15) is 0 Å². The van der Waals surface area contributed by atoms with Gasteiger partial charge in [0.05, 0.1) is 0 Å². The number of carbonyl (C=O) groups is 2. The van der Waals surface area contributed by atoms with Crippen LogP contribution in [0.4, 0.5) is 10.1 Å². The molecule has 3 nitrogen and oxygen atoms in total. The summed E-state index contributed by atoms with van der Waals surface area (Å²) in [5.74, 6) is -1.60. The molecule has 0 saturated carbocycles. The molecule has 1 aliphatic heterocycles. The van der Waals surface area contributed by atoms with Crippen LogP contribution in [0.3, 0.4) is 0 Å². The zero-order chi connectivity index (χ0) is 9.42. The second-order valence-corrected chi connectivity index (χ2v) is 2.83. The normalized spacial score (nSPS) is 19.5. The number of anilines is 1. The standard InChI is InChI=1S/C9H6FNO2/c10-5-1-2-6-7(4-12)9(13)11-8(6)3-5/h1-4,7H,(H,11,13). The molecule has 0 aromatic heterocycles. The largest absolute Gasteiger partial charge is 0.325 e. The van der Waals surface area contributed by atoms with Crippen molar-refractivity contribution in [2.45, 2.75) is 5.92 Å². The van der Waals surface area contributed by atoms with E-state index in [-0.39, 0.29) is 0 Å². The molecule has 1 N–H and O–H groups in total. The molecule has 0 spiro atoms. The summed E-state index contributed by atoms with van der Waals surface area (Å²) in [6.45, 7) is 0. The highest BCUT2D eigenvalue weighted by Gasteiger charge is 2.29. The van der Waals surface area contributed by atoms with Gasteiger partial charge in [0.15, 0.2) is 0 Å². The quantitative estimate of drug-likeness (QED) is 0.517. The first-order valence-corrected chi connectivity index (χ1v) is 3.78. The van der Waals surface area contributed by atoms with E-state index in [1.807, 2.05) is 0 Å². The van der Waals surface area contributed by atoms with Crippen molar-refractivity contribution in [1.82, 2.24) is 0 Å². The van der Waals surface area contributed by atoms with Crippen molar-refractivity contribution in [1.29, 1.82) is 0 Å². The Balaban J connectivity index is 2.54. The van der Waals surface area contributed by atoms with Crippen LogP contribution in [-0.4, -0.2) is 12.2 Å². The zero-order valence-electron chi connectivity index (χ0n) is 6.58. The van der Waals surface area contributed by atoms with E-state index >= 15 is 0 Å². The fourth-order valence-corrected chi connectivity index (χ4v) is 1.39. The number of halogens is 1. The van der Waals surface area contributed by atoms with Crippen molar-refractivity contribution in [3.63, 3.8) is 0 Å². The molecule has 1 heterocycles. The molecule has 1 aliphatic rings. The smallest absolute Gasteiger partial charge is 0.239 e. The highest BCUT2D eigenvalue weighted by Crippen LogP contribution is 2.31. The minimum atomic E-state index is -0.782. The molecule has 0 fully saturated rings. The number of benzene rings is 1. The lowest BCUT2D eigenvalue weighted by Gasteiger charge is -1.98. The van der Waals surface area contributed by atoms with Crippen LogP contribution in [0.15, 0.2) is 18.2 Å². The molecule has 1 unspecified atom stereocenters. The topological polar surface area (TPSA) is 46.2 Å². The van der Waals surface area contributed by atoms with Crippen LogP contribution in [0.1, 0.15) is 11.5 Å². The second kappa shape index (κ2) is 2.65. The highest BCUT2D eigenvalue weighted by molar-refractivity contribution is 6.11. The van der Waals surface area contributed by atoms with E-state index in [1.165, 1.54) is 18.2 Å². The maximum atomic E-state index is 12.7. The fraction of sp³-hybridized carbons (Fsp3) is 0.111. The number of hydrogen-bond donors (Lipinski definition) is 1. The van der Waals surface area contributed by atoms with Crippen molar-refractivity contribution in [2.75, 3.05) is 5.32 Å². The SMILES string of the molecule is O=CC1C(=O)Nc2cc(F)ccc21. The Morgan fingerprint density at radius 1 is 1.46 bits per heavy atom. The van der Waals surface area contributed by atoms with E-state index in [4.69, 9.17) is 0 Å². The van der Waals surface area contributed by atoms with Gasteiger partial charge in [0.25, 0.3) is 0 Å². The number of amides is 1. The van der Waals surface area contributed by atoms with E-state index in [1.54, 1.807) is 0 Å². The van der Waals surface area contributed by atoms with Crippen molar-refractivity contribution in [3.8, 4) is 0 Å². The summed E-state index contributed by atoms with van der Waals surface area (Å²) in [6, 6.07) is 3.88. The van der Waals surface area contributed by atoms with Crippen molar-refractivity contribution < 1.29 is 14.0 Å². The Labute approximate surface area is 73.6 Å². The lowest BCUT2D eigenvalue weighted by atomic mass is 10.0. The Morgan fingerprint density at radius 3 is 2.92 bits per heavy atom. The van der Waals surface area contributed by atoms with Gasteiger partial charge < -0.3 is 10.1 Å². The van der Waals surface area contributed by atoms with E-state index in [9.17, 15) is 14.0 Å². The summed E-state index contributed by atoms with van der Waals surface area (Å²) in [4.78, 5) is 21.6. The van der Waals surface area contributed by atoms with Gasteiger partial charge in [0.2, 0.25) is 5.91 Å². The molecule has 4 heteroatoms. The van der Waals surface area contributed by atoms with Gasteiger partial charge in [0.1, 0.15) is 18.0 Å². The third-order valence-electron chi connectivity index (χ3n) is 2.03. The van der Waals surface area contributed by atoms with Crippen LogP contribution >= 0.6 is 0 Å². The molecular formula is C9H6FNO2. The monoisotopic (exact) mass is 179 g/mol. The van der Waals surface area contributed by atoms with Crippen LogP contribution < -0.4 is 5.32 Å². The van der Waals surface area contributed by atoms with Gasteiger partial charge >= 0.3 is 0 Å². The molecule has 1 atom stereocenters. The summed E-state index contributed by atoms with van der Waals surface area (Å²) < 4.78 is 12.7. The van der Waals surface area contributed by atoms with Crippen LogP contribution in [0.25, 0.3) is 0 Å². The van der Waals surface area contributed by atoms with Crippen molar-refractivity contribution >= 4 is 17.9 Å². The number of hydrogen-bond acceptors (Lipinski definition) is 2. The first-order valence-electron chi connectivity index (χ1n) is 3.78. The van der Waals surface area contributed by atoms with Gasteiger partial charge in [-0.25, -0.2) is 4.39 Å². The zero-order valence-corrected chi connectivity index (χ0v) is 6.58. The minimum absolute atomic E-state index is 0.391. The average molecular weight is 179 g/mol. The van der Waals surface area contributed by atoms with Crippen LogP contribution in [0.5, 0.6) is 0 Å². The molecule has 1 amide bonds. The molecule has 66 valence electrons. The first-order chi connectivity index (χ1) is 6.22. The lowest BCUT2D eigenvalue weighted by Crippen LogP contribution is -2.12. The number of fused-ring (bicyclic) bond motifs is 1.